The first kappa shape index (κ1) is 16.7. The Bertz CT molecular complexity index is 871. The maximum Gasteiger partial charge on any atom is 0.280 e. The topological polar surface area (TPSA) is 70.6 Å². The van der Waals surface area contributed by atoms with Gasteiger partial charge in [-0.15, -0.1) is 0 Å². The molecule has 0 unspecified atom stereocenters. The summed E-state index contributed by atoms with van der Waals surface area (Å²) in [5.74, 6) is -0.724. The molecule has 132 valence electrons. The summed E-state index contributed by atoms with van der Waals surface area (Å²) in [7, 11) is 0. The normalized spacial score (nSPS) is 17.6. The third-order valence-corrected chi connectivity index (χ3v) is 5.10. The van der Waals surface area contributed by atoms with Crippen molar-refractivity contribution in [2.75, 3.05) is 13.1 Å². The van der Waals surface area contributed by atoms with E-state index in [4.69, 9.17) is 11.6 Å². The fraction of sp³-hybridized carbons (Fsp3) is 0.263. The van der Waals surface area contributed by atoms with Gasteiger partial charge in [-0.05, 0) is 43.2 Å². The number of imide groups is 1. The zero-order chi connectivity index (χ0) is 18.3. The summed E-state index contributed by atoms with van der Waals surface area (Å²) in [6.07, 6.45) is 2.62. The van der Waals surface area contributed by atoms with Crippen LogP contribution < -0.4 is 0 Å². The van der Waals surface area contributed by atoms with Gasteiger partial charge in [0.05, 0.1) is 5.56 Å². The van der Waals surface area contributed by atoms with Crippen molar-refractivity contribution < 1.29 is 14.4 Å². The van der Waals surface area contributed by atoms with Crippen molar-refractivity contribution in [3.05, 3.63) is 64.4 Å². The van der Waals surface area contributed by atoms with Crippen molar-refractivity contribution in [3.8, 4) is 0 Å². The molecule has 2 aliphatic heterocycles. The molecular weight excluding hydrogens is 354 g/mol. The number of nitrogens with zero attached hydrogens (tertiary/aromatic N) is 3. The molecule has 4 rings (SSSR count). The number of likely N-dealkylation sites (tertiary alicyclic amines) is 1. The molecule has 0 aliphatic carbocycles. The summed E-state index contributed by atoms with van der Waals surface area (Å²) in [6.45, 7) is 0.966. The van der Waals surface area contributed by atoms with Gasteiger partial charge in [0, 0.05) is 35.9 Å². The highest BCUT2D eigenvalue weighted by Crippen LogP contribution is 2.27. The quantitative estimate of drug-likeness (QED) is 0.763. The summed E-state index contributed by atoms with van der Waals surface area (Å²) in [5.41, 5.74) is 1.12. The maximum absolute atomic E-state index is 12.6. The predicted molar refractivity (Wildman–Crippen MR) is 95.1 cm³/mol. The van der Waals surface area contributed by atoms with Crippen molar-refractivity contribution in [1.82, 2.24) is 14.8 Å². The SMILES string of the molecule is O=C(c1cccc(Cl)c1)N1CCC(N2C(=O)c3cccnc3C2=O)CC1. The molecule has 0 spiro atoms. The van der Waals surface area contributed by atoms with Crippen LogP contribution in [-0.2, 0) is 0 Å². The molecule has 0 N–H and O–H groups in total. The Morgan fingerprint density at radius 3 is 2.54 bits per heavy atom. The van der Waals surface area contributed by atoms with Gasteiger partial charge in [0.1, 0.15) is 5.69 Å². The summed E-state index contributed by atoms with van der Waals surface area (Å²) in [5, 5.41) is 0.518. The van der Waals surface area contributed by atoms with Crippen LogP contribution in [0.25, 0.3) is 0 Å². The van der Waals surface area contributed by atoms with Gasteiger partial charge < -0.3 is 4.90 Å². The van der Waals surface area contributed by atoms with Gasteiger partial charge >= 0.3 is 0 Å². The first-order chi connectivity index (χ1) is 12.6. The lowest BCUT2D eigenvalue weighted by Crippen LogP contribution is -2.48. The van der Waals surface area contributed by atoms with E-state index >= 15 is 0 Å². The van der Waals surface area contributed by atoms with Crippen molar-refractivity contribution in [1.29, 1.82) is 0 Å². The molecule has 0 atom stereocenters. The maximum atomic E-state index is 12.6. The molecule has 3 heterocycles. The van der Waals surface area contributed by atoms with E-state index in [1.807, 2.05) is 0 Å². The van der Waals surface area contributed by atoms with Crippen molar-refractivity contribution in [2.45, 2.75) is 18.9 Å². The number of pyridine rings is 1. The molecule has 1 aromatic heterocycles. The van der Waals surface area contributed by atoms with Gasteiger partial charge in [-0.1, -0.05) is 17.7 Å². The van der Waals surface area contributed by atoms with E-state index in [1.54, 1.807) is 41.3 Å². The van der Waals surface area contributed by atoms with Crippen molar-refractivity contribution in [3.63, 3.8) is 0 Å². The van der Waals surface area contributed by atoms with Crippen LogP contribution in [0.15, 0.2) is 42.6 Å². The molecule has 7 heteroatoms. The molecule has 1 fully saturated rings. The third-order valence-electron chi connectivity index (χ3n) is 4.87. The zero-order valence-electron chi connectivity index (χ0n) is 13.9. The van der Waals surface area contributed by atoms with E-state index in [0.29, 0.717) is 42.1 Å². The number of benzene rings is 1. The minimum Gasteiger partial charge on any atom is -0.338 e. The molecule has 2 aromatic rings. The lowest BCUT2D eigenvalue weighted by Gasteiger charge is -2.35. The van der Waals surface area contributed by atoms with Gasteiger partial charge in [0.25, 0.3) is 17.7 Å². The number of carbonyl (C=O) groups is 3. The average molecular weight is 370 g/mol. The van der Waals surface area contributed by atoms with Gasteiger partial charge in [-0.2, -0.15) is 0 Å². The van der Waals surface area contributed by atoms with E-state index < -0.39 is 0 Å². The Labute approximate surface area is 155 Å². The second-order valence-corrected chi connectivity index (χ2v) is 6.85. The average Bonchev–Trinajstić information content (AvgIpc) is 2.92. The molecule has 0 saturated carbocycles. The number of aromatic nitrogens is 1. The van der Waals surface area contributed by atoms with Crippen LogP contribution in [0.1, 0.15) is 44.0 Å². The first-order valence-corrected chi connectivity index (χ1v) is 8.82. The summed E-state index contributed by atoms with van der Waals surface area (Å²) in [4.78, 5) is 44.8. The van der Waals surface area contributed by atoms with Crippen LogP contribution in [-0.4, -0.2) is 51.6 Å². The molecular formula is C19H16ClN3O3. The van der Waals surface area contributed by atoms with Crippen LogP contribution in [0.5, 0.6) is 0 Å². The Balaban J connectivity index is 1.45. The standard InChI is InChI=1S/C19H16ClN3O3/c20-13-4-1-3-12(11-13)17(24)22-9-6-14(7-10-22)23-18(25)15-5-2-8-21-16(15)19(23)26/h1-5,8,11,14H,6-7,9-10H2. The summed E-state index contributed by atoms with van der Waals surface area (Å²) < 4.78 is 0. The van der Waals surface area contributed by atoms with Crippen molar-refractivity contribution in [2.24, 2.45) is 0 Å². The fourth-order valence-corrected chi connectivity index (χ4v) is 3.74. The highest BCUT2D eigenvalue weighted by atomic mass is 35.5. The Kier molecular flexibility index (Phi) is 4.20. The molecule has 1 saturated heterocycles. The van der Waals surface area contributed by atoms with Crippen molar-refractivity contribution >= 4 is 29.3 Å². The van der Waals surface area contributed by atoms with Gasteiger partial charge in [0.2, 0.25) is 0 Å². The Hall–Kier alpha value is -2.73. The van der Waals surface area contributed by atoms with E-state index in [1.165, 1.54) is 11.1 Å². The number of piperidine rings is 1. The van der Waals surface area contributed by atoms with Gasteiger partial charge in [-0.25, -0.2) is 0 Å². The minimum absolute atomic E-state index is 0.0880. The monoisotopic (exact) mass is 369 g/mol. The smallest absolute Gasteiger partial charge is 0.280 e. The van der Waals surface area contributed by atoms with Crippen LogP contribution in [0.3, 0.4) is 0 Å². The number of hydrogen-bond donors (Lipinski definition) is 0. The number of carbonyl (C=O) groups excluding carboxylic acids is 3. The van der Waals surface area contributed by atoms with Gasteiger partial charge in [-0.3, -0.25) is 24.3 Å². The fourth-order valence-electron chi connectivity index (χ4n) is 3.55. The minimum atomic E-state index is -0.342. The molecule has 0 bridgehead atoms. The van der Waals surface area contributed by atoms with Gasteiger partial charge in [0.15, 0.2) is 0 Å². The zero-order valence-corrected chi connectivity index (χ0v) is 14.6. The number of rotatable bonds is 2. The number of fused-ring (bicyclic) bond motifs is 1. The summed E-state index contributed by atoms with van der Waals surface area (Å²) >= 11 is 5.96. The van der Waals surface area contributed by atoms with Crippen LogP contribution in [0, 0.1) is 0 Å². The van der Waals surface area contributed by atoms with E-state index in [9.17, 15) is 14.4 Å². The summed E-state index contributed by atoms with van der Waals surface area (Å²) in [6, 6.07) is 9.91. The highest BCUT2D eigenvalue weighted by molar-refractivity contribution is 6.31. The largest absolute Gasteiger partial charge is 0.338 e. The third kappa shape index (κ3) is 2.76. The first-order valence-electron chi connectivity index (χ1n) is 8.44. The second kappa shape index (κ2) is 6.53. The Morgan fingerprint density at radius 1 is 1.08 bits per heavy atom. The number of amides is 3. The predicted octanol–water partition coefficient (Wildman–Crippen LogP) is 2.64. The number of halogens is 1. The molecule has 2 aliphatic rings. The highest BCUT2D eigenvalue weighted by Gasteiger charge is 2.42. The molecule has 3 amide bonds. The van der Waals surface area contributed by atoms with E-state index in [-0.39, 0.29) is 29.5 Å². The van der Waals surface area contributed by atoms with E-state index in [0.717, 1.165) is 0 Å². The molecule has 1 aromatic carbocycles. The lowest BCUT2D eigenvalue weighted by atomic mass is 10.0. The molecule has 26 heavy (non-hydrogen) atoms. The van der Waals surface area contributed by atoms with Crippen LogP contribution >= 0.6 is 11.6 Å². The molecule has 0 radical (unpaired) electrons. The lowest BCUT2D eigenvalue weighted by molar-refractivity contribution is 0.0477. The Morgan fingerprint density at radius 2 is 1.85 bits per heavy atom. The van der Waals surface area contributed by atoms with Crippen LogP contribution in [0.2, 0.25) is 5.02 Å². The van der Waals surface area contributed by atoms with E-state index in [2.05, 4.69) is 4.98 Å². The van der Waals surface area contributed by atoms with Crippen LogP contribution in [0.4, 0.5) is 0 Å². The number of hydrogen-bond acceptors (Lipinski definition) is 4. The second-order valence-electron chi connectivity index (χ2n) is 6.41. The molecule has 6 nitrogen and oxygen atoms in total.